The van der Waals surface area contributed by atoms with Crippen LogP contribution in [0, 0.1) is 0 Å². The van der Waals surface area contributed by atoms with Gasteiger partial charge in [-0.05, 0) is 23.8 Å². The Morgan fingerprint density at radius 3 is 2.83 bits per heavy atom. The van der Waals surface area contributed by atoms with Gasteiger partial charge < -0.3 is 13.9 Å². The summed E-state index contributed by atoms with van der Waals surface area (Å²) >= 11 is 1.51. The maximum atomic E-state index is 5.93. The van der Waals surface area contributed by atoms with Crippen LogP contribution in [0.25, 0.3) is 11.5 Å². The number of hydrogen-bond donors (Lipinski definition) is 0. The minimum Gasteiger partial charge on any atom is -0.496 e. The Labute approximate surface area is 144 Å². The second-order valence-electron chi connectivity index (χ2n) is 5.44. The second-order valence-corrected chi connectivity index (χ2v) is 6.41. The van der Waals surface area contributed by atoms with Gasteiger partial charge in [-0.25, -0.2) is 0 Å². The highest BCUT2D eigenvalue weighted by molar-refractivity contribution is 7.99. The van der Waals surface area contributed by atoms with Crippen molar-refractivity contribution in [1.82, 2.24) is 10.2 Å². The summed E-state index contributed by atoms with van der Waals surface area (Å²) in [6, 6.07) is 15.7. The van der Waals surface area contributed by atoms with E-state index in [0.29, 0.717) is 16.9 Å². The Balaban J connectivity index is 1.42. The Morgan fingerprint density at radius 1 is 1.12 bits per heavy atom. The molecule has 0 N–H and O–H groups in total. The van der Waals surface area contributed by atoms with E-state index in [1.807, 2.05) is 42.5 Å². The first-order valence-corrected chi connectivity index (χ1v) is 8.66. The van der Waals surface area contributed by atoms with E-state index < -0.39 is 0 Å². The third kappa shape index (κ3) is 2.97. The molecule has 2 aromatic carbocycles. The van der Waals surface area contributed by atoms with Crippen molar-refractivity contribution in [2.45, 2.75) is 17.7 Å². The van der Waals surface area contributed by atoms with Crippen LogP contribution >= 0.6 is 11.8 Å². The average Bonchev–Trinajstić information content (AvgIpc) is 3.26. The number of aromatic nitrogens is 2. The summed E-state index contributed by atoms with van der Waals surface area (Å²) in [5.41, 5.74) is 2.05. The number of fused-ring (bicyclic) bond motifs is 1. The number of benzene rings is 2. The molecule has 0 radical (unpaired) electrons. The third-order valence-electron chi connectivity index (χ3n) is 3.85. The van der Waals surface area contributed by atoms with E-state index in [4.69, 9.17) is 13.9 Å². The van der Waals surface area contributed by atoms with E-state index in [1.165, 1.54) is 17.3 Å². The largest absolute Gasteiger partial charge is 0.496 e. The highest BCUT2D eigenvalue weighted by Crippen LogP contribution is 2.33. The van der Waals surface area contributed by atoms with E-state index in [-0.39, 0.29) is 6.10 Å². The van der Waals surface area contributed by atoms with Crippen molar-refractivity contribution in [3.63, 3.8) is 0 Å². The molecule has 3 aromatic rings. The van der Waals surface area contributed by atoms with Crippen LogP contribution in [0.5, 0.6) is 11.5 Å². The first-order chi connectivity index (χ1) is 11.8. The molecule has 5 nitrogen and oxygen atoms in total. The minimum atomic E-state index is 0.133. The summed E-state index contributed by atoms with van der Waals surface area (Å²) in [5, 5.41) is 8.77. The molecule has 0 aliphatic carbocycles. The van der Waals surface area contributed by atoms with Crippen LogP contribution in [0.15, 0.2) is 58.2 Å². The van der Waals surface area contributed by atoms with Crippen LogP contribution in [0.2, 0.25) is 0 Å². The van der Waals surface area contributed by atoms with Crippen molar-refractivity contribution in [2.24, 2.45) is 0 Å². The van der Waals surface area contributed by atoms with Crippen molar-refractivity contribution in [2.75, 3.05) is 12.9 Å². The number of rotatable bonds is 5. The molecule has 1 atom stereocenters. The van der Waals surface area contributed by atoms with Crippen LogP contribution in [0.3, 0.4) is 0 Å². The molecule has 4 rings (SSSR count). The first-order valence-electron chi connectivity index (χ1n) is 7.68. The zero-order chi connectivity index (χ0) is 16.4. The summed E-state index contributed by atoms with van der Waals surface area (Å²) in [6.45, 7) is 0. The lowest BCUT2D eigenvalue weighted by Gasteiger charge is -2.07. The molecule has 0 spiro atoms. The van der Waals surface area contributed by atoms with E-state index in [9.17, 15) is 0 Å². The molecule has 1 aromatic heterocycles. The van der Waals surface area contributed by atoms with Gasteiger partial charge in [-0.1, -0.05) is 42.1 Å². The van der Waals surface area contributed by atoms with E-state index in [0.717, 1.165) is 23.5 Å². The van der Waals surface area contributed by atoms with E-state index in [1.54, 1.807) is 7.11 Å². The van der Waals surface area contributed by atoms with Crippen LogP contribution in [0.4, 0.5) is 0 Å². The summed E-state index contributed by atoms with van der Waals surface area (Å²) in [5.74, 6) is 2.92. The summed E-state index contributed by atoms with van der Waals surface area (Å²) in [6.07, 6.45) is 1.05. The monoisotopic (exact) mass is 340 g/mol. The molecule has 0 bridgehead atoms. The second kappa shape index (κ2) is 6.57. The molecule has 1 unspecified atom stereocenters. The average molecular weight is 340 g/mol. The molecule has 24 heavy (non-hydrogen) atoms. The first kappa shape index (κ1) is 15.1. The fourth-order valence-corrected chi connectivity index (χ4v) is 3.46. The van der Waals surface area contributed by atoms with Gasteiger partial charge in [0, 0.05) is 12.2 Å². The number of thioether (sulfide) groups is 1. The maximum Gasteiger partial charge on any atom is 0.276 e. The lowest BCUT2D eigenvalue weighted by Crippen LogP contribution is -2.15. The third-order valence-corrected chi connectivity index (χ3v) is 4.80. The highest BCUT2D eigenvalue weighted by atomic mass is 32.2. The van der Waals surface area contributed by atoms with Gasteiger partial charge in [0.2, 0.25) is 0 Å². The Kier molecular flexibility index (Phi) is 4.13. The summed E-state index contributed by atoms with van der Waals surface area (Å²) < 4.78 is 17.0. The van der Waals surface area contributed by atoms with Crippen molar-refractivity contribution in [1.29, 1.82) is 0 Å². The normalized spacial score (nSPS) is 15.8. The van der Waals surface area contributed by atoms with Crippen LogP contribution in [0.1, 0.15) is 5.56 Å². The lowest BCUT2D eigenvalue weighted by atomic mass is 10.1. The number of para-hydroxylation sites is 2. The molecule has 1 aliphatic heterocycles. The van der Waals surface area contributed by atoms with Gasteiger partial charge in [0.05, 0.1) is 12.7 Å². The molecule has 0 fully saturated rings. The van der Waals surface area contributed by atoms with Gasteiger partial charge in [-0.2, -0.15) is 0 Å². The Hall–Kier alpha value is -2.47. The molecule has 6 heteroatoms. The van der Waals surface area contributed by atoms with Crippen LogP contribution < -0.4 is 9.47 Å². The molecule has 0 amide bonds. The van der Waals surface area contributed by atoms with Crippen molar-refractivity contribution in [3.05, 3.63) is 54.1 Å². The molecule has 1 aliphatic rings. The Morgan fingerprint density at radius 2 is 1.96 bits per heavy atom. The van der Waals surface area contributed by atoms with Gasteiger partial charge in [0.1, 0.15) is 17.6 Å². The van der Waals surface area contributed by atoms with Gasteiger partial charge in [0.25, 0.3) is 11.1 Å². The smallest absolute Gasteiger partial charge is 0.276 e. The molecule has 2 heterocycles. The molecular formula is C18H16N2O3S. The zero-order valence-corrected chi connectivity index (χ0v) is 14.0. The minimum absolute atomic E-state index is 0.133. The predicted molar refractivity (Wildman–Crippen MR) is 91.6 cm³/mol. The quantitative estimate of drug-likeness (QED) is 0.658. The van der Waals surface area contributed by atoms with E-state index >= 15 is 0 Å². The predicted octanol–water partition coefficient (Wildman–Crippen LogP) is 3.84. The van der Waals surface area contributed by atoms with Crippen molar-refractivity contribution < 1.29 is 13.9 Å². The SMILES string of the molecule is COc1ccccc1-c1nnc(SCC2Cc3ccccc3O2)o1. The molecule has 0 saturated heterocycles. The van der Waals surface area contributed by atoms with Crippen molar-refractivity contribution in [3.8, 4) is 23.0 Å². The molecule has 122 valence electrons. The number of hydrogen-bond acceptors (Lipinski definition) is 6. The fourth-order valence-electron chi connectivity index (χ4n) is 2.71. The van der Waals surface area contributed by atoms with Crippen molar-refractivity contribution >= 4 is 11.8 Å². The van der Waals surface area contributed by atoms with Gasteiger partial charge >= 0.3 is 0 Å². The van der Waals surface area contributed by atoms with Gasteiger partial charge in [-0.3, -0.25) is 0 Å². The number of ether oxygens (including phenoxy) is 2. The lowest BCUT2D eigenvalue weighted by molar-refractivity contribution is 0.259. The standard InChI is InChI=1S/C18H16N2O3S/c1-21-16-9-5-3-7-14(16)17-19-20-18(23-17)24-11-13-10-12-6-2-4-8-15(12)22-13/h2-9,13H,10-11H2,1H3. The maximum absolute atomic E-state index is 5.93. The van der Waals surface area contributed by atoms with E-state index in [2.05, 4.69) is 16.3 Å². The van der Waals surface area contributed by atoms with Gasteiger partial charge in [-0.15, -0.1) is 10.2 Å². The Bertz CT molecular complexity index is 825. The molecular weight excluding hydrogens is 324 g/mol. The van der Waals surface area contributed by atoms with Crippen LogP contribution in [-0.4, -0.2) is 29.2 Å². The highest BCUT2D eigenvalue weighted by Gasteiger charge is 2.23. The zero-order valence-electron chi connectivity index (χ0n) is 13.1. The fraction of sp³-hybridized carbons (Fsp3) is 0.222. The molecule has 0 saturated carbocycles. The van der Waals surface area contributed by atoms with Gasteiger partial charge in [0.15, 0.2) is 0 Å². The topological polar surface area (TPSA) is 57.4 Å². The summed E-state index contributed by atoms with van der Waals surface area (Å²) in [7, 11) is 1.62. The van der Waals surface area contributed by atoms with Crippen LogP contribution in [-0.2, 0) is 6.42 Å². The number of nitrogens with zero attached hydrogens (tertiary/aromatic N) is 2. The summed E-state index contributed by atoms with van der Waals surface area (Å²) in [4.78, 5) is 0. The number of methoxy groups -OCH3 is 1.